The molecular weight excluding hydrogens is 228 g/mol. The lowest BCUT2D eigenvalue weighted by molar-refractivity contribution is -0.440. The molecule has 0 aromatic heterocycles. The maximum Gasteiger partial charge on any atom is 0.319 e. The zero-order valence-electron chi connectivity index (χ0n) is 10.4. The molecule has 1 rings (SSSR count). The molecule has 0 spiro atoms. The molecule has 1 heterocycles. The van der Waals surface area contributed by atoms with Crippen LogP contribution in [0.5, 0.6) is 0 Å². The first-order valence-electron chi connectivity index (χ1n) is 5.20. The van der Waals surface area contributed by atoms with Gasteiger partial charge in [-0.05, 0) is 13.8 Å². The highest BCUT2D eigenvalue weighted by atomic mass is 16.7. The third-order valence-electron chi connectivity index (χ3n) is 2.99. The fraction of sp³-hybridized carbons (Fsp3) is 0.778. The van der Waals surface area contributed by atoms with E-state index in [1.807, 2.05) is 6.92 Å². The third kappa shape index (κ3) is 1.94. The van der Waals surface area contributed by atoms with Crippen molar-refractivity contribution < 1.29 is 14.5 Å². The van der Waals surface area contributed by atoms with Gasteiger partial charge in [-0.1, -0.05) is 0 Å². The number of hydrogen-bond donors (Lipinski definition) is 2. The number of nitro groups is 1. The van der Waals surface area contributed by atoms with Gasteiger partial charge in [0.2, 0.25) is 6.10 Å². The highest BCUT2D eigenvalue weighted by Gasteiger charge is 2.56. The van der Waals surface area contributed by atoms with E-state index in [1.165, 1.54) is 7.11 Å². The molecule has 2 unspecified atom stereocenters. The molecule has 0 saturated heterocycles. The van der Waals surface area contributed by atoms with Gasteiger partial charge >= 0.3 is 5.70 Å². The van der Waals surface area contributed by atoms with Crippen LogP contribution in [0.25, 0.3) is 0 Å². The Morgan fingerprint density at radius 1 is 1.71 bits per heavy atom. The summed E-state index contributed by atoms with van der Waals surface area (Å²) in [5.74, 6) is 5.61. The zero-order chi connectivity index (χ0) is 13.2. The van der Waals surface area contributed by atoms with E-state index < -0.39 is 16.8 Å². The lowest BCUT2D eigenvalue weighted by Crippen LogP contribution is -2.53. The van der Waals surface area contributed by atoms with Crippen LogP contribution in [-0.4, -0.2) is 42.4 Å². The largest absolute Gasteiger partial charge is 0.366 e. The van der Waals surface area contributed by atoms with Crippen molar-refractivity contribution in [2.45, 2.75) is 25.7 Å². The van der Waals surface area contributed by atoms with Crippen molar-refractivity contribution in [3.05, 3.63) is 21.6 Å². The Balaban J connectivity index is 3.26. The smallest absolute Gasteiger partial charge is 0.319 e. The number of rotatable bonds is 5. The fourth-order valence-corrected chi connectivity index (χ4v) is 1.98. The molecule has 0 amide bonds. The van der Waals surface area contributed by atoms with Gasteiger partial charge in [-0.3, -0.25) is 15.0 Å². The van der Waals surface area contributed by atoms with Gasteiger partial charge in [0.05, 0.1) is 4.92 Å². The van der Waals surface area contributed by atoms with Crippen molar-refractivity contribution in [2.75, 3.05) is 20.7 Å². The molecule has 2 atom stereocenters. The van der Waals surface area contributed by atoms with Crippen molar-refractivity contribution in [1.82, 2.24) is 10.2 Å². The number of nitrogens with two attached hydrogens (primary N) is 1. The van der Waals surface area contributed by atoms with Gasteiger partial charge in [0.1, 0.15) is 0 Å². The average molecular weight is 246 g/mol. The normalized spacial score (nSPS) is 28.8. The highest BCUT2D eigenvalue weighted by molar-refractivity contribution is 5.23. The summed E-state index contributed by atoms with van der Waals surface area (Å²) in [5, 5.41) is 14.0. The first kappa shape index (κ1) is 13.7. The third-order valence-corrected chi connectivity index (χ3v) is 2.99. The van der Waals surface area contributed by atoms with E-state index in [2.05, 4.69) is 5.32 Å². The minimum Gasteiger partial charge on any atom is -0.366 e. The molecule has 0 aromatic carbocycles. The molecule has 8 heteroatoms. The fourth-order valence-electron chi connectivity index (χ4n) is 1.98. The lowest BCUT2D eigenvalue weighted by Gasteiger charge is -2.35. The van der Waals surface area contributed by atoms with E-state index in [0.717, 1.165) is 0 Å². The summed E-state index contributed by atoms with van der Waals surface area (Å²) < 4.78 is 5.15. The molecule has 3 N–H and O–H groups in total. The summed E-state index contributed by atoms with van der Waals surface area (Å²) in [4.78, 5) is 17.1. The molecule has 0 aromatic rings. The van der Waals surface area contributed by atoms with Gasteiger partial charge in [0.15, 0.2) is 11.5 Å². The van der Waals surface area contributed by atoms with Crippen molar-refractivity contribution in [2.24, 2.45) is 5.90 Å². The van der Waals surface area contributed by atoms with Crippen LogP contribution in [0.2, 0.25) is 0 Å². The first-order valence-corrected chi connectivity index (χ1v) is 5.20. The molecular formula is C9H18N4O4. The molecule has 8 nitrogen and oxygen atoms in total. The van der Waals surface area contributed by atoms with Gasteiger partial charge in [0.25, 0.3) is 0 Å². The van der Waals surface area contributed by atoms with Crippen LogP contribution in [0, 0.1) is 10.1 Å². The first-order chi connectivity index (χ1) is 7.93. The Bertz CT molecular complexity index is 346. The van der Waals surface area contributed by atoms with Crippen LogP contribution in [0.4, 0.5) is 0 Å². The summed E-state index contributed by atoms with van der Waals surface area (Å²) in [5.41, 5.74) is -1.18. The number of likely N-dealkylation sites (N-methyl/N-ethyl adjacent to an activating group) is 1. The second-order valence-electron chi connectivity index (χ2n) is 3.87. The maximum absolute atomic E-state index is 11.1. The van der Waals surface area contributed by atoms with E-state index >= 15 is 0 Å². The Morgan fingerprint density at radius 3 is 2.65 bits per heavy atom. The van der Waals surface area contributed by atoms with E-state index in [1.54, 1.807) is 18.9 Å². The average Bonchev–Trinajstić information content (AvgIpc) is 2.51. The number of ether oxygens (including phenoxy) is 1. The molecule has 0 aliphatic carbocycles. The van der Waals surface area contributed by atoms with E-state index in [4.69, 9.17) is 15.5 Å². The SMILES string of the molecule is CCNC1=C([N+](=O)[O-])C(OC)C(C)(ON)N1C. The maximum atomic E-state index is 11.1. The van der Waals surface area contributed by atoms with Crippen LogP contribution in [0.1, 0.15) is 13.8 Å². The van der Waals surface area contributed by atoms with Crippen LogP contribution < -0.4 is 11.2 Å². The van der Waals surface area contributed by atoms with E-state index in [9.17, 15) is 10.1 Å². The molecule has 0 radical (unpaired) electrons. The number of nitrogens with one attached hydrogen (secondary N) is 1. The molecule has 98 valence electrons. The van der Waals surface area contributed by atoms with Gasteiger partial charge < -0.3 is 15.0 Å². The topological polar surface area (TPSA) is 103 Å². The summed E-state index contributed by atoms with van der Waals surface area (Å²) in [6, 6.07) is 0. The van der Waals surface area contributed by atoms with Crippen molar-refractivity contribution in [1.29, 1.82) is 0 Å². The predicted octanol–water partition coefficient (Wildman–Crippen LogP) is -0.391. The van der Waals surface area contributed by atoms with Gasteiger partial charge in [0, 0.05) is 20.7 Å². The van der Waals surface area contributed by atoms with E-state index in [0.29, 0.717) is 12.4 Å². The molecule has 0 saturated carbocycles. The molecule has 17 heavy (non-hydrogen) atoms. The minimum absolute atomic E-state index is 0.0789. The zero-order valence-corrected chi connectivity index (χ0v) is 10.4. The van der Waals surface area contributed by atoms with E-state index in [-0.39, 0.29) is 5.70 Å². The van der Waals surface area contributed by atoms with Crippen molar-refractivity contribution in [3.63, 3.8) is 0 Å². The molecule has 0 bridgehead atoms. The highest BCUT2D eigenvalue weighted by Crippen LogP contribution is 2.36. The monoisotopic (exact) mass is 246 g/mol. The summed E-state index contributed by atoms with van der Waals surface area (Å²) >= 11 is 0. The Kier molecular flexibility index (Phi) is 3.91. The van der Waals surface area contributed by atoms with Gasteiger partial charge in [-0.2, -0.15) is 0 Å². The second kappa shape index (κ2) is 4.86. The van der Waals surface area contributed by atoms with Crippen LogP contribution in [0.15, 0.2) is 11.5 Å². The van der Waals surface area contributed by atoms with Crippen molar-refractivity contribution >= 4 is 0 Å². The minimum atomic E-state index is -1.10. The number of nitrogens with zero attached hydrogens (tertiary/aromatic N) is 2. The number of hydrogen-bond acceptors (Lipinski definition) is 7. The number of methoxy groups -OCH3 is 1. The molecule has 0 fully saturated rings. The van der Waals surface area contributed by atoms with Crippen LogP contribution in [-0.2, 0) is 9.57 Å². The molecule has 1 aliphatic rings. The van der Waals surface area contributed by atoms with Crippen LogP contribution >= 0.6 is 0 Å². The predicted molar refractivity (Wildman–Crippen MR) is 59.9 cm³/mol. The Hall–Kier alpha value is -1.38. The quantitative estimate of drug-likeness (QED) is 0.503. The van der Waals surface area contributed by atoms with Gasteiger partial charge in [-0.15, -0.1) is 0 Å². The van der Waals surface area contributed by atoms with Crippen molar-refractivity contribution in [3.8, 4) is 0 Å². The second-order valence-corrected chi connectivity index (χ2v) is 3.87. The summed E-state index contributed by atoms with van der Waals surface area (Å²) in [6.45, 7) is 4.03. The lowest BCUT2D eigenvalue weighted by atomic mass is 10.1. The Labute approximate surface area is 99.4 Å². The summed E-state index contributed by atoms with van der Waals surface area (Å²) in [6.07, 6.45) is -0.860. The van der Waals surface area contributed by atoms with Crippen LogP contribution in [0.3, 0.4) is 0 Å². The summed E-state index contributed by atoms with van der Waals surface area (Å²) in [7, 11) is 3.04. The molecule has 1 aliphatic heterocycles. The Morgan fingerprint density at radius 2 is 2.29 bits per heavy atom. The standard InChI is InChI=1S/C9H18N4O4/c1-5-11-8-6(13(14)15)7(16-4)9(2,17-10)12(8)3/h7,11H,5,10H2,1-4H3. The van der Waals surface area contributed by atoms with Gasteiger partial charge in [-0.25, -0.2) is 5.90 Å².